The van der Waals surface area contributed by atoms with Crippen LogP contribution in [-0.4, -0.2) is 27.4 Å². The number of benzene rings is 1. The molecule has 1 aromatic carbocycles. The average molecular weight is 401 g/mol. The molecule has 2 aromatic rings. The number of carboxylic acid groups (broad SMARTS) is 1. The minimum absolute atomic E-state index is 0.158. The van der Waals surface area contributed by atoms with Gasteiger partial charge in [-0.3, -0.25) is 0 Å². The summed E-state index contributed by atoms with van der Waals surface area (Å²) >= 11 is 1.93. The van der Waals surface area contributed by atoms with Crippen molar-refractivity contribution in [3.63, 3.8) is 0 Å². The molecule has 0 radical (unpaired) electrons. The molecule has 1 aromatic heterocycles. The van der Waals surface area contributed by atoms with E-state index in [-0.39, 0.29) is 11.3 Å². The van der Waals surface area contributed by atoms with Crippen LogP contribution in [0.15, 0.2) is 30.6 Å². The number of carboxylic acids is 1. The molecule has 5 nitrogen and oxygen atoms in total. The van der Waals surface area contributed by atoms with Gasteiger partial charge in [0.25, 0.3) is 0 Å². The van der Waals surface area contributed by atoms with Gasteiger partial charge in [-0.05, 0) is 40.6 Å². The van der Waals surface area contributed by atoms with E-state index >= 15 is 0 Å². The second kappa shape index (κ2) is 6.38. The second-order valence-electron chi connectivity index (χ2n) is 5.03. The highest BCUT2D eigenvalue weighted by atomic mass is 127. The van der Waals surface area contributed by atoms with E-state index in [1.54, 1.807) is 4.57 Å². The van der Waals surface area contributed by atoms with Crippen molar-refractivity contribution in [3.05, 3.63) is 39.7 Å². The number of carbonyl (C=O) groups is 1. The lowest BCUT2D eigenvalue weighted by atomic mass is 10.1. The summed E-state index contributed by atoms with van der Waals surface area (Å²) in [6.45, 7) is 4.49. The van der Waals surface area contributed by atoms with Crippen molar-refractivity contribution in [2.45, 2.75) is 13.8 Å². The smallest absolute Gasteiger partial charge is 0.339 e. The number of hydrogen-bond acceptors (Lipinski definition) is 3. The van der Waals surface area contributed by atoms with Crippen LogP contribution in [0, 0.1) is 9.49 Å². The van der Waals surface area contributed by atoms with Crippen LogP contribution in [0.2, 0.25) is 0 Å². The highest BCUT2D eigenvalue weighted by Gasteiger charge is 2.22. The molecular weight excluding hydrogens is 385 g/mol. The molecule has 0 aliphatic heterocycles. The molecule has 1 heterocycles. The van der Waals surface area contributed by atoms with Crippen LogP contribution in [0.5, 0.6) is 11.5 Å². The highest BCUT2D eigenvalue weighted by molar-refractivity contribution is 14.1. The van der Waals surface area contributed by atoms with E-state index in [4.69, 9.17) is 4.74 Å². The van der Waals surface area contributed by atoms with Gasteiger partial charge in [0.2, 0.25) is 0 Å². The maximum atomic E-state index is 11.2. The summed E-state index contributed by atoms with van der Waals surface area (Å²) in [7, 11) is 0. The first-order valence-corrected chi connectivity index (χ1v) is 7.54. The van der Waals surface area contributed by atoms with Crippen molar-refractivity contribution in [2.24, 2.45) is 5.92 Å². The lowest BCUT2D eigenvalue weighted by Crippen LogP contribution is -2.10. The largest absolute Gasteiger partial charge is 0.506 e. The third-order valence-corrected chi connectivity index (χ3v) is 3.87. The Bertz CT molecular complexity index is 650. The summed E-state index contributed by atoms with van der Waals surface area (Å²) in [5.74, 6) is -0.677. The summed E-state index contributed by atoms with van der Waals surface area (Å²) in [4.78, 5) is 11.2. The van der Waals surface area contributed by atoms with E-state index in [1.807, 2.05) is 61.0 Å². The fourth-order valence-electron chi connectivity index (χ4n) is 1.86. The van der Waals surface area contributed by atoms with Crippen LogP contribution in [0.1, 0.15) is 24.2 Å². The molecule has 21 heavy (non-hydrogen) atoms. The zero-order valence-corrected chi connectivity index (χ0v) is 13.9. The summed E-state index contributed by atoms with van der Waals surface area (Å²) in [5, 5.41) is 19.3. The maximum Gasteiger partial charge on any atom is 0.339 e. The molecule has 0 unspecified atom stereocenters. The third-order valence-electron chi connectivity index (χ3n) is 2.84. The Hall–Kier alpha value is -1.70. The molecule has 0 amide bonds. The standard InChI is InChI=1S/C15H16INO4/c1-9(2)8-21-11-7-10(15(19)20)14(18)12(16)13(11)17-5-3-4-6-17/h3-7,9,18H,8H2,1-2H3,(H,19,20). The van der Waals surface area contributed by atoms with Gasteiger partial charge < -0.3 is 19.5 Å². The number of phenols is 1. The molecule has 0 atom stereocenters. The predicted molar refractivity (Wildman–Crippen MR) is 87.4 cm³/mol. The first-order chi connectivity index (χ1) is 9.91. The first kappa shape index (κ1) is 15.7. The van der Waals surface area contributed by atoms with Crippen molar-refractivity contribution in [2.75, 3.05) is 6.61 Å². The Morgan fingerprint density at radius 2 is 2.00 bits per heavy atom. The van der Waals surface area contributed by atoms with Crippen LogP contribution in [-0.2, 0) is 0 Å². The summed E-state index contributed by atoms with van der Waals surface area (Å²) < 4.78 is 7.99. The van der Waals surface area contributed by atoms with Gasteiger partial charge in [-0.2, -0.15) is 0 Å². The van der Waals surface area contributed by atoms with E-state index in [9.17, 15) is 15.0 Å². The molecule has 0 spiro atoms. The normalized spacial score (nSPS) is 10.9. The molecule has 0 fully saturated rings. The van der Waals surface area contributed by atoms with Crippen LogP contribution in [0.3, 0.4) is 0 Å². The van der Waals surface area contributed by atoms with Gasteiger partial charge in [-0.1, -0.05) is 13.8 Å². The summed E-state index contributed by atoms with van der Waals surface area (Å²) in [6.07, 6.45) is 3.64. The van der Waals surface area contributed by atoms with E-state index in [2.05, 4.69) is 0 Å². The molecule has 112 valence electrons. The average Bonchev–Trinajstić information content (AvgIpc) is 2.92. The molecule has 0 bridgehead atoms. The highest BCUT2D eigenvalue weighted by Crippen LogP contribution is 2.37. The van der Waals surface area contributed by atoms with Crippen molar-refractivity contribution >= 4 is 28.6 Å². The first-order valence-electron chi connectivity index (χ1n) is 6.46. The van der Waals surface area contributed by atoms with Crippen LogP contribution >= 0.6 is 22.6 Å². The number of rotatable bonds is 5. The number of halogens is 1. The summed E-state index contributed by atoms with van der Waals surface area (Å²) in [5.41, 5.74) is 0.484. The zero-order valence-electron chi connectivity index (χ0n) is 11.7. The minimum Gasteiger partial charge on any atom is -0.506 e. The fraction of sp³-hybridized carbons (Fsp3) is 0.267. The number of hydrogen-bond donors (Lipinski definition) is 2. The Kier molecular flexibility index (Phi) is 4.76. The lowest BCUT2D eigenvalue weighted by Gasteiger charge is -2.17. The summed E-state index contributed by atoms with van der Waals surface area (Å²) in [6, 6.07) is 5.08. The third kappa shape index (κ3) is 3.31. The Morgan fingerprint density at radius 1 is 1.38 bits per heavy atom. The van der Waals surface area contributed by atoms with Gasteiger partial charge in [0, 0.05) is 18.5 Å². The molecule has 0 aliphatic rings. The van der Waals surface area contributed by atoms with Gasteiger partial charge in [-0.25, -0.2) is 4.79 Å². The van der Waals surface area contributed by atoms with Gasteiger partial charge >= 0.3 is 5.97 Å². The predicted octanol–water partition coefficient (Wildman–Crippen LogP) is 3.52. The van der Waals surface area contributed by atoms with Gasteiger partial charge in [0.15, 0.2) is 0 Å². The zero-order chi connectivity index (χ0) is 15.6. The van der Waals surface area contributed by atoms with Crippen molar-refractivity contribution in [1.29, 1.82) is 0 Å². The number of aromatic nitrogens is 1. The van der Waals surface area contributed by atoms with Crippen molar-refractivity contribution < 1.29 is 19.7 Å². The van der Waals surface area contributed by atoms with Gasteiger partial charge in [-0.15, -0.1) is 0 Å². The fourth-order valence-corrected chi connectivity index (χ4v) is 2.69. The van der Waals surface area contributed by atoms with Crippen LogP contribution in [0.4, 0.5) is 0 Å². The van der Waals surface area contributed by atoms with Gasteiger partial charge in [0.1, 0.15) is 22.7 Å². The molecule has 2 rings (SSSR count). The minimum atomic E-state index is -1.18. The SMILES string of the molecule is CC(C)COc1cc(C(=O)O)c(O)c(I)c1-n1cccc1. The van der Waals surface area contributed by atoms with Crippen LogP contribution in [0.25, 0.3) is 5.69 Å². The lowest BCUT2D eigenvalue weighted by molar-refractivity contribution is 0.0693. The van der Waals surface area contributed by atoms with Crippen LogP contribution < -0.4 is 4.74 Å². The number of aromatic hydroxyl groups is 1. The molecule has 6 heteroatoms. The van der Waals surface area contributed by atoms with Gasteiger partial charge in [0.05, 0.1) is 10.2 Å². The second-order valence-corrected chi connectivity index (χ2v) is 6.11. The van der Waals surface area contributed by atoms with E-state index in [0.717, 1.165) is 0 Å². The Labute approximate surface area is 136 Å². The molecule has 0 saturated heterocycles. The Morgan fingerprint density at radius 3 is 2.52 bits per heavy atom. The Balaban J connectivity index is 2.60. The van der Waals surface area contributed by atoms with Crippen molar-refractivity contribution in [1.82, 2.24) is 4.57 Å². The molecular formula is C15H16INO4. The van der Waals surface area contributed by atoms with E-state index in [1.165, 1.54) is 6.07 Å². The number of aromatic carboxylic acids is 1. The van der Waals surface area contributed by atoms with Crippen molar-refractivity contribution in [3.8, 4) is 17.2 Å². The monoisotopic (exact) mass is 401 g/mol. The number of ether oxygens (including phenoxy) is 1. The van der Waals surface area contributed by atoms with E-state index < -0.39 is 5.97 Å². The quantitative estimate of drug-likeness (QED) is 0.753. The maximum absolute atomic E-state index is 11.2. The molecule has 0 saturated carbocycles. The van der Waals surface area contributed by atoms with E-state index in [0.29, 0.717) is 27.5 Å². The topological polar surface area (TPSA) is 71.7 Å². The molecule has 2 N–H and O–H groups in total. The number of nitrogens with zero attached hydrogens (tertiary/aromatic N) is 1. The molecule has 0 aliphatic carbocycles.